The molecule has 48 heavy (non-hydrogen) atoms. The van der Waals surface area contributed by atoms with Crippen LogP contribution in [-0.4, -0.2) is 29.1 Å². The van der Waals surface area contributed by atoms with E-state index in [0.29, 0.717) is 0 Å². The lowest BCUT2D eigenvalue weighted by Crippen LogP contribution is -2.01. The standard InChI is InChI=1S/C42H26N6/c1-2-12-28(13-3-1)47-37-17-5-4-14-30(37)31-19-20-32-39-38(21-18-27-11-10-24-45-40(27)39)48(42(32)41(31)47)29-25-35(33-15-6-8-22-43-33)46-36(26-29)34-16-7-9-23-44-34/h1-26H. The van der Waals surface area contributed by atoms with Gasteiger partial charge in [-0.15, -0.1) is 0 Å². The molecule has 0 saturated carbocycles. The van der Waals surface area contributed by atoms with Crippen molar-refractivity contribution in [2.45, 2.75) is 0 Å². The van der Waals surface area contributed by atoms with Crippen LogP contribution in [0.3, 0.4) is 0 Å². The fraction of sp³-hybridized carbons (Fsp3) is 0. The van der Waals surface area contributed by atoms with Crippen LogP contribution in [0.15, 0.2) is 158 Å². The lowest BCUT2D eigenvalue weighted by Gasteiger charge is -2.14. The Morgan fingerprint density at radius 3 is 1.79 bits per heavy atom. The Morgan fingerprint density at radius 2 is 1.04 bits per heavy atom. The Hall–Kier alpha value is -6.66. The molecule has 0 aliphatic carbocycles. The first-order valence-corrected chi connectivity index (χ1v) is 16.0. The van der Waals surface area contributed by atoms with Crippen molar-refractivity contribution in [1.82, 2.24) is 29.1 Å². The van der Waals surface area contributed by atoms with Gasteiger partial charge in [0.25, 0.3) is 0 Å². The molecule has 0 bridgehead atoms. The number of rotatable bonds is 4. The molecule has 0 spiro atoms. The zero-order valence-corrected chi connectivity index (χ0v) is 25.7. The molecule has 0 amide bonds. The Balaban J connectivity index is 1.44. The van der Waals surface area contributed by atoms with Gasteiger partial charge in [-0.2, -0.15) is 0 Å². The molecule has 6 heteroatoms. The summed E-state index contributed by atoms with van der Waals surface area (Å²) in [4.78, 5) is 19.4. The van der Waals surface area contributed by atoms with Crippen molar-refractivity contribution in [3.8, 4) is 34.2 Å². The molecule has 6 heterocycles. The normalized spacial score (nSPS) is 11.8. The third-order valence-corrected chi connectivity index (χ3v) is 9.23. The van der Waals surface area contributed by atoms with E-state index in [2.05, 4.69) is 106 Å². The highest BCUT2D eigenvalue weighted by Gasteiger charge is 2.23. The van der Waals surface area contributed by atoms with Crippen LogP contribution in [-0.2, 0) is 0 Å². The van der Waals surface area contributed by atoms with Crippen molar-refractivity contribution in [2.75, 3.05) is 0 Å². The van der Waals surface area contributed by atoms with Crippen molar-refractivity contribution < 1.29 is 0 Å². The smallest absolute Gasteiger partial charge is 0.0915 e. The highest BCUT2D eigenvalue weighted by Crippen LogP contribution is 2.43. The number of para-hydroxylation sites is 2. The third-order valence-electron chi connectivity index (χ3n) is 9.23. The molecule has 0 N–H and O–H groups in total. The summed E-state index contributed by atoms with van der Waals surface area (Å²) in [7, 11) is 0. The molecule has 4 aromatic carbocycles. The number of fused-ring (bicyclic) bond motifs is 9. The van der Waals surface area contributed by atoms with Gasteiger partial charge in [0.1, 0.15) is 0 Å². The van der Waals surface area contributed by atoms with Crippen molar-refractivity contribution in [1.29, 1.82) is 0 Å². The van der Waals surface area contributed by atoms with Crippen LogP contribution in [0.2, 0.25) is 0 Å². The minimum absolute atomic E-state index is 0.776. The van der Waals surface area contributed by atoms with E-state index in [1.807, 2.05) is 61.1 Å². The average molecular weight is 615 g/mol. The lowest BCUT2D eigenvalue weighted by atomic mass is 10.1. The summed E-state index contributed by atoms with van der Waals surface area (Å²) in [6.07, 6.45) is 5.50. The SMILES string of the molecule is c1ccc(-n2c3ccccc3c3ccc4c5c6ncccc6ccc5n(-c5cc(-c6ccccn6)nc(-c6ccccn6)c5)c4c32)cc1. The number of hydrogen-bond donors (Lipinski definition) is 0. The van der Waals surface area contributed by atoms with Gasteiger partial charge in [-0.05, 0) is 66.7 Å². The third kappa shape index (κ3) is 3.93. The summed E-state index contributed by atoms with van der Waals surface area (Å²) in [5.41, 5.74) is 10.7. The van der Waals surface area contributed by atoms with Crippen LogP contribution in [0.5, 0.6) is 0 Å². The summed E-state index contributed by atoms with van der Waals surface area (Å²) < 4.78 is 4.79. The van der Waals surface area contributed by atoms with Gasteiger partial charge in [0.05, 0.1) is 56.0 Å². The first-order chi connectivity index (χ1) is 23.8. The number of nitrogens with zero attached hydrogens (tertiary/aromatic N) is 6. The maximum atomic E-state index is 5.10. The van der Waals surface area contributed by atoms with Crippen LogP contribution in [0.4, 0.5) is 0 Å². The van der Waals surface area contributed by atoms with Gasteiger partial charge < -0.3 is 9.13 Å². The maximum Gasteiger partial charge on any atom is 0.0915 e. The van der Waals surface area contributed by atoms with Crippen LogP contribution >= 0.6 is 0 Å². The van der Waals surface area contributed by atoms with Gasteiger partial charge in [-0.25, -0.2) is 4.98 Å². The first kappa shape index (κ1) is 26.5. The fourth-order valence-corrected chi connectivity index (χ4v) is 7.22. The van der Waals surface area contributed by atoms with Gasteiger partial charge >= 0.3 is 0 Å². The second-order valence-corrected chi connectivity index (χ2v) is 11.9. The zero-order valence-electron chi connectivity index (χ0n) is 25.7. The predicted octanol–water partition coefficient (Wildman–Crippen LogP) is 9.95. The largest absolute Gasteiger partial charge is 0.307 e. The van der Waals surface area contributed by atoms with Crippen molar-refractivity contribution >= 4 is 54.5 Å². The number of pyridine rings is 4. The number of benzene rings is 4. The highest BCUT2D eigenvalue weighted by molar-refractivity contribution is 6.27. The molecular weight excluding hydrogens is 589 g/mol. The Bertz CT molecular complexity index is 2760. The number of aromatic nitrogens is 6. The molecule has 10 rings (SSSR count). The molecule has 0 aliphatic heterocycles. The van der Waals surface area contributed by atoms with E-state index >= 15 is 0 Å². The van der Waals surface area contributed by atoms with Crippen LogP contribution in [0, 0.1) is 0 Å². The van der Waals surface area contributed by atoms with Crippen molar-refractivity contribution in [2.24, 2.45) is 0 Å². The highest BCUT2D eigenvalue weighted by atomic mass is 15.0. The molecule has 0 fully saturated rings. The maximum absolute atomic E-state index is 5.10. The fourth-order valence-electron chi connectivity index (χ4n) is 7.22. The topological polar surface area (TPSA) is 61.4 Å². The van der Waals surface area contributed by atoms with Crippen LogP contribution in [0.25, 0.3) is 88.7 Å². The quantitative estimate of drug-likeness (QED) is 0.198. The predicted molar refractivity (Wildman–Crippen MR) is 195 cm³/mol. The summed E-state index contributed by atoms with van der Waals surface area (Å²) >= 11 is 0. The van der Waals surface area contributed by atoms with Gasteiger partial charge in [0, 0.05) is 51.2 Å². The van der Waals surface area contributed by atoms with E-state index in [1.54, 1.807) is 0 Å². The molecule has 0 unspecified atom stereocenters. The molecule has 6 nitrogen and oxygen atoms in total. The zero-order chi connectivity index (χ0) is 31.6. The summed E-state index contributed by atoms with van der Waals surface area (Å²) in [5.74, 6) is 0. The Labute approximate surface area is 275 Å². The average Bonchev–Trinajstić information content (AvgIpc) is 3.69. The molecule has 6 aromatic heterocycles. The van der Waals surface area contributed by atoms with Crippen LogP contribution < -0.4 is 0 Å². The Kier molecular flexibility index (Phi) is 5.77. The summed E-state index contributed by atoms with van der Waals surface area (Å²) in [5, 5.41) is 5.75. The molecule has 10 aromatic rings. The minimum Gasteiger partial charge on any atom is -0.307 e. The van der Waals surface area contributed by atoms with E-state index in [4.69, 9.17) is 19.9 Å². The summed E-state index contributed by atoms with van der Waals surface area (Å²) in [6.45, 7) is 0. The van der Waals surface area contributed by atoms with E-state index < -0.39 is 0 Å². The molecule has 224 valence electrons. The Morgan fingerprint density at radius 1 is 0.396 bits per heavy atom. The second-order valence-electron chi connectivity index (χ2n) is 11.9. The molecular formula is C42H26N6. The van der Waals surface area contributed by atoms with E-state index in [1.165, 1.54) is 10.8 Å². The monoisotopic (exact) mass is 614 g/mol. The van der Waals surface area contributed by atoms with Gasteiger partial charge in [0.2, 0.25) is 0 Å². The summed E-state index contributed by atoms with van der Waals surface area (Å²) in [6, 6.07) is 48.5. The van der Waals surface area contributed by atoms with Crippen molar-refractivity contribution in [3.63, 3.8) is 0 Å². The van der Waals surface area contributed by atoms with E-state index in [-0.39, 0.29) is 0 Å². The van der Waals surface area contributed by atoms with Gasteiger partial charge in [-0.1, -0.05) is 72.8 Å². The molecule has 0 aliphatic rings. The van der Waals surface area contributed by atoms with Gasteiger partial charge in [-0.3, -0.25) is 15.0 Å². The lowest BCUT2D eigenvalue weighted by molar-refractivity contribution is 1.13. The first-order valence-electron chi connectivity index (χ1n) is 16.0. The minimum atomic E-state index is 0.776. The second kappa shape index (κ2) is 10.4. The van der Waals surface area contributed by atoms with Gasteiger partial charge in [0.15, 0.2) is 0 Å². The van der Waals surface area contributed by atoms with E-state index in [0.717, 1.165) is 77.9 Å². The molecule has 0 radical (unpaired) electrons. The molecule has 0 atom stereocenters. The number of hydrogen-bond acceptors (Lipinski definition) is 4. The van der Waals surface area contributed by atoms with Crippen LogP contribution in [0.1, 0.15) is 0 Å². The molecule has 0 saturated heterocycles. The van der Waals surface area contributed by atoms with Crippen molar-refractivity contribution in [3.05, 3.63) is 158 Å². The van der Waals surface area contributed by atoms with E-state index in [9.17, 15) is 0 Å².